The predicted molar refractivity (Wildman–Crippen MR) is 69.9 cm³/mol. The number of thiazole rings is 1. The van der Waals surface area contributed by atoms with Crippen LogP contribution < -0.4 is 5.32 Å². The van der Waals surface area contributed by atoms with Gasteiger partial charge in [0.05, 0.1) is 5.69 Å². The third kappa shape index (κ3) is 2.70. The third-order valence-corrected chi connectivity index (χ3v) is 3.85. The SMILES string of the molecule is Cc1ccnc(-c2ncc(CNC3CC3)s2)c1. The van der Waals surface area contributed by atoms with Crippen LogP contribution in [0.25, 0.3) is 10.7 Å². The maximum Gasteiger partial charge on any atom is 0.142 e. The van der Waals surface area contributed by atoms with Crippen LogP contribution in [0.3, 0.4) is 0 Å². The van der Waals surface area contributed by atoms with Gasteiger partial charge >= 0.3 is 0 Å². The highest BCUT2D eigenvalue weighted by Crippen LogP contribution is 2.25. The molecular weight excluding hydrogens is 230 g/mol. The van der Waals surface area contributed by atoms with Crippen molar-refractivity contribution in [3.8, 4) is 10.7 Å². The van der Waals surface area contributed by atoms with E-state index in [4.69, 9.17) is 0 Å². The van der Waals surface area contributed by atoms with Gasteiger partial charge in [0, 0.05) is 29.9 Å². The molecule has 0 saturated heterocycles. The Labute approximate surface area is 105 Å². The molecule has 1 N–H and O–H groups in total. The van der Waals surface area contributed by atoms with E-state index in [-0.39, 0.29) is 0 Å². The molecule has 3 rings (SSSR count). The lowest BCUT2D eigenvalue weighted by molar-refractivity contribution is 0.694. The van der Waals surface area contributed by atoms with Crippen LogP contribution in [0.5, 0.6) is 0 Å². The van der Waals surface area contributed by atoms with Crippen molar-refractivity contribution >= 4 is 11.3 Å². The molecule has 0 atom stereocenters. The van der Waals surface area contributed by atoms with Gasteiger partial charge in [-0.2, -0.15) is 0 Å². The standard InChI is InChI=1S/C13H15N3S/c1-9-4-5-14-12(6-9)13-16-8-11(17-13)7-15-10-2-3-10/h4-6,8,10,15H,2-3,7H2,1H3. The first-order chi connectivity index (χ1) is 8.31. The van der Waals surface area contributed by atoms with Crippen LogP contribution in [0.1, 0.15) is 23.3 Å². The van der Waals surface area contributed by atoms with E-state index in [1.807, 2.05) is 18.5 Å². The summed E-state index contributed by atoms with van der Waals surface area (Å²) in [6.45, 7) is 3.02. The first-order valence-corrected chi connectivity index (χ1v) is 6.74. The Morgan fingerprint density at radius 2 is 2.29 bits per heavy atom. The molecule has 2 heterocycles. The third-order valence-electron chi connectivity index (χ3n) is 2.83. The molecule has 0 spiro atoms. The minimum atomic E-state index is 0.748. The minimum Gasteiger partial charge on any atom is -0.309 e. The van der Waals surface area contributed by atoms with Crippen LogP contribution in [-0.4, -0.2) is 16.0 Å². The Kier molecular flexibility index (Phi) is 2.91. The number of pyridine rings is 1. The Bertz CT molecular complexity index is 517. The zero-order valence-electron chi connectivity index (χ0n) is 9.81. The monoisotopic (exact) mass is 245 g/mol. The second-order valence-corrected chi connectivity index (χ2v) is 5.62. The molecule has 3 nitrogen and oxygen atoms in total. The van der Waals surface area contributed by atoms with Crippen molar-refractivity contribution < 1.29 is 0 Å². The van der Waals surface area contributed by atoms with E-state index in [9.17, 15) is 0 Å². The van der Waals surface area contributed by atoms with Crippen molar-refractivity contribution in [3.63, 3.8) is 0 Å². The van der Waals surface area contributed by atoms with E-state index in [1.54, 1.807) is 11.3 Å². The van der Waals surface area contributed by atoms with Crippen molar-refractivity contribution in [2.75, 3.05) is 0 Å². The maximum absolute atomic E-state index is 4.44. The van der Waals surface area contributed by atoms with Crippen LogP contribution in [0, 0.1) is 6.92 Å². The molecular formula is C13H15N3S. The molecule has 0 unspecified atom stereocenters. The van der Waals surface area contributed by atoms with E-state index >= 15 is 0 Å². The summed E-state index contributed by atoms with van der Waals surface area (Å²) in [6, 6.07) is 4.83. The Morgan fingerprint density at radius 3 is 3.06 bits per heavy atom. The van der Waals surface area contributed by atoms with Crippen molar-refractivity contribution in [2.24, 2.45) is 0 Å². The minimum absolute atomic E-state index is 0.748. The molecule has 4 heteroatoms. The summed E-state index contributed by atoms with van der Waals surface area (Å²) in [5, 5.41) is 4.51. The topological polar surface area (TPSA) is 37.8 Å². The number of hydrogen-bond acceptors (Lipinski definition) is 4. The van der Waals surface area contributed by atoms with E-state index in [2.05, 4.69) is 28.3 Å². The fourth-order valence-electron chi connectivity index (χ4n) is 1.69. The summed E-state index contributed by atoms with van der Waals surface area (Å²) in [5.74, 6) is 0. The average molecular weight is 245 g/mol. The van der Waals surface area contributed by atoms with E-state index in [0.717, 1.165) is 23.3 Å². The first kappa shape index (κ1) is 10.9. The number of hydrogen-bond donors (Lipinski definition) is 1. The number of nitrogens with zero attached hydrogens (tertiary/aromatic N) is 2. The molecule has 1 fully saturated rings. The van der Waals surface area contributed by atoms with Gasteiger partial charge in [-0.25, -0.2) is 4.98 Å². The van der Waals surface area contributed by atoms with Crippen LogP contribution >= 0.6 is 11.3 Å². The van der Waals surface area contributed by atoms with Crippen LogP contribution in [-0.2, 0) is 6.54 Å². The van der Waals surface area contributed by atoms with Gasteiger partial charge in [0.15, 0.2) is 0 Å². The molecule has 1 aliphatic rings. The van der Waals surface area contributed by atoms with E-state index in [1.165, 1.54) is 23.3 Å². The molecule has 88 valence electrons. The van der Waals surface area contributed by atoms with Gasteiger partial charge in [0.1, 0.15) is 5.01 Å². The van der Waals surface area contributed by atoms with Gasteiger partial charge in [-0.15, -0.1) is 11.3 Å². The highest BCUT2D eigenvalue weighted by molar-refractivity contribution is 7.14. The van der Waals surface area contributed by atoms with Gasteiger partial charge in [-0.3, -0.25) is 4.98 Å². The molecule has 0 aromatic carbocycles. The number of aryl methyl sites for hydroxylation is 1. The number of nitrogens with one attached hydrogen (secondary N) is 1. The predicted octanol–water partition coefficient (Wildman–Crippen LogP) is 2.77. The normalized spacial score (nSPS) is 15.1. The quantitative estimate of drug-likeness (QED) is 0.900. The van der Waals surface area contributed by atoms with Gasteiger partial charge in [-0.1, -0.05) is 0 Å². The summed E-state index contributed by atoms with van der Waals surface area (Å²) < 4.78 is 0. The summed E-state index contributed by atoms with van der Waals surface area (Å²) in [4.78, 5) is 10.1. The molecule has 17 heavy (non-hydrogen) atoms. The van der Waals surface area contributed by atoms with E-state index < -0.39 is 0 Å². The molecule has 2 aromatic rings. The molecule has 0 bridgehead atoms. The van der Waals surface area contributed by atoms with E-state index in [0.29, 0.717) is 0 Å². The second kappa shape index (κ2) is 4.55. The molecule has 1 saturated carbocycles. The lowest BCUT2D eigenvalue weighted by Gasteiger charge is -1.98. The van der Waals surface area contributed by atoms with Crippen molar-refractivity contribution in [2.45, 2.75) is 32.4 Å². The van der Waals surface area contributed by atoms with Gasteiger partial charge < -0.3 is 5.32 Å². The maximum atomic E-state index is 4.44. The molecule has 0 aliphatic heterocycles. The molecule has 2 aromatic heterocycles. The number of rotatable bonds is 4. The Balaban J connectivity index is 1.74. The second-order valence-electron chi connectivity index (χ2n) is 4.51. The summed E-state index contributed by atoms with van der Waals surface area (Å²) in [5.41, 5.74) is 2.20. The first-order valence-electron chi connectivity index (χ1n) is 5.92. The van der Waals surface area contributed by atoms with Crippen molar-refractivity contribution in [1.82, 2.24) is 15.3 Å². The Morgan fingerprint density at radius 1 is 1.41 bits per heavy atom. The number of aromatic nitrogens is 2. The van der Waals surface area contributed by atoms with Crippen LogP contribution in [0.2, 0.25) is 0 Å². The van der Waals surface area contributed by atoms with Gasteiger partial charge in [0.2, 0.25) is 0 Å². The van der Waals surface area contributed by atoms with Gasteiger partial charge in [0.25, 0.3) is 0 Å². The van der Waals surface area contributed by atoms with Crippen molar-refractivity contribution in [1.29, 1.82) is 0 Å². The summed E-state index contributed by atoms with van der Waals surface area (Å²) >= 11 is 1.73. The summed E-state index contributed by atoms with van der Waals surface area (Å²) in [6.07, 6.45) is 6.45. The zero-order chi connectivity index (χ0) is 11.7. The Hall–Kier alpha value is -1.26. The smallest absolute Gasteiger partial charge is 0.142 e. The highest BCUT2D eigenvalue weighted by atomic mass is 32.1. The highest BCUT2D eigenvalue weighted by Gasteiger charge is 2.20. The van der Waals surface area contributed by atoms with Crippen LogP contribution in [0.4, 0.5) is 0 Å². The zero-order valence-corrected chi connectivity index (χ0v) is 10.6. The molecule has 0 radical (unpaired) electrons. The van der Waals surface area contributed by atoms with Gasteiger partial charge in [-0.05, 0) is 37.5 Å². The van der Waals surface area contributed by atoms with Crippen LogP contribution in [0.15, 0.2) is 24.5 Å². The fourth-order valence-corrected chi connectivity index (χ4v) is 2.52. The largest absolute Gasteiger partial charge is 0.309 e. The molecule has 1 aliphatic carbocycles. The lowest BCUT2D eigenvalue weighted by atomic mass is 10.2. The molecule has 0 amide bonds. The fraction of sp³-hybridized carbons (Fsp3) is 0.385. The van der Waals surface area contributed by atoms with Crippen molar-refractivity contribution in [3.05, 3.63) is 35.0 Å². The summed E-state index contributed by atoms with van der Waals surface area (Å²) in [7, 11) is 0. The average Bonchev–Trinajstić information content (AvgIpc) is 3.04. The lowest BCUT2D eigenvalue weighted by Crippen LogP contribution is -2.14.